The molecule has 0 amide bonds. The lowest BCUT2D eigenvalue weighted by molar-refractivity contribution is 0.759. The molecule has 0 atom stereocenters. The average molecular weight is 171 g/mol. The smallest absolute Gasteiger partial charge is 0.0488 e. The van der Waals surface area contributed by atoms with Crippen LogP contribution in [0.25, 0.3) is 0 Å². The van der Waals surface area contributed by atoms with Gasteiger partial charge in [0.15, 0.2) is 0 Å². The summed E-state index contributed by atoms with van der Waals surface area (Å²) in [7, 11) is 0. The van der Waals surface area contributed by atoms with Gasteiger partial charge >= 0.3 is 0 Å². The Kier molecular flexibility index (Phi) is 5.30. The number of rotatable bonds is 3. The summed E-state index contributed by atoms with van der Waals surface area (Å²) < 4.78 is 0. The topological polar surface area (TPSA) is 12.4 Å². The Morgan fingerprint density at radius 1 is 1.55 bits per heavy atom. The van der Waals surface area contributed by atoms with Crippen LogP contribution in [0.5, 0.6) is 0 Å². The molecule has 0 saturated heterocycles. The van der Waals surface area contributed by atoms with Crippen molar-refractivity contribution in [2.24, 2.45) is 10.9 Å². The SMILES string of the molecule is CC/C(C)=N/C(=C\S)C(C)C. The van der Waals surface area contributed by atoms with Crippen molar-refractivity contribution in [3.05, 3.63) is 11.1 Å². The van der Waals surface area contributed by atoms with Crippen LogP contribution in [-0.4, -0.2) is 5.71 Å². The minimum absolute atomic E-state index is 0.467. The Labute approximate surface area is 75.0 Å². The molecule has 0 heterocycles. The predicted octanol–water partition coefficient (Wildman–Crippen LogP) is 3.28. The van der Waals surface area contributed by atoms with Gasteiger partial charge in [0.2, 0.25) is 0 Å². The second-order valence-electron chi connectivity index (χ2n) is 2.91. The molecule has 2 heteroatoms. The summed E-state index contributed by atoms with van der Waals surface area (Å²) in [6.45, 7) is 8.39. The monoisotopic (exact) mass is 171 g/mol. The maximum absolute atomic E-state index is 4.41. The quantitative estimate of drug-likeness (QED) is 0.494. The van der Waals surface area contributed by atoms with Crippen LogP contribution in [0.3, 0.4) is 0 Å². The third-order valence-corrected chi connectivity index (χ3v) is 1.82. The van der Waals surface area contributed by atoms with Crippen LogP contribution in [0.15, 0.2) is 16.1 Å². The van der Waals surface area contributed by atoms with Gasteiger partial charge in [0, 0.05) is 11.4 Å². The molecule has 0 aliphatic carbocycles. The normalized spacial score (nSPS) is 14.4. The van der Waals surface area contributed by atoms with Crippen LogP contribution in [0.1, 0.15) is 34.1 Å². The van der Waals surface area contributed by atoms with Crippen molar-refractivity contribution in [1.82, 2.24) is 0 Å². The molecular weight excluding hydrogens is 154 g/mol. The van der Waals surface area contributed by atoms with E-state index in [2.05, 4.69) is 38.4 Å². The summed E-state index contributed by atoms with van der Waals surface area (Å²) in [6, 6.07) is 0. The van der Waals surface area contributed by atoms with Crippen LogP contribution < -0.4 is 0 Å². The molecule has 0 fully saturated rings. The van der Waals surface area contributed by atoms with Crippen molar-refractivity contribution in [1.29, 1.82) is 0 Å². The largest absolute Gasteiger partial charge is 0.262 e. The van der Waals surface area contributed by atoms with E-state index in [1.807, 2.05) is 6.92 Å². The molecule has 0 aliphatic heterocycles. The lowest BCUT2D eigenvalue weighted by atomic mass is 10.1. The number of aliphatic imine (C=N–C) groups is 1. The van der Waals surface area contributed by atoms with E-state index in [0.717, 1.165) is 12.1 Å². The zero-order valence-electron chi connectivity index (χ0n) is 7.76. The van der Waals surface area contributed by atoms with Crippen molar-refractivity contribution < 1.29 is 0 Å². The summed E-state index contributed by atoms with van der Waals surface area (Å²) in [6.07, 6.45) is 1.01. The first-order valence-electron chi connectivity index (χ1n) is 4.00. The maximum Gasteiger partial charge on any atom is 0.0488 e. The first kappa shape index (κ1) is 10.8. The number of hydrogen-bond acceptors (Lipinski definition) is 2. The molecule has 0 rings (SSSR count). The van der Waals surface area contributed by atoms with Gasteiger partial charge in [0.05, 0.1) is 0 Å². The van der Waals surface area contributed by atoms with Gasteiger partial charge in [0.1, 0.15) is 0 Å². The third-order valence-electron chi connectivity index (χ3n) is 1.56. The van der Waals surface area contributed by atoms with E-state index in [0.29, 0.717) is 5.92 Å². The number of allylic oxidation sites excluding steroid dienone is 1. The van der Waals surface area contributed by atoms with Gasteiger partial charge in [-0.3, -0.25) is 4.99 Å². The highest BCUT2D eigenvalue weighted by Crippen LogP contribution is 2.12. The second-order valence-corrected chi connectivity index (χ2v) is 3.17. The average Bonchev–Trinajstić information content (AvgIpc) is 1.99. The molecule has 1 nitrogen and oxygen atoms in total. The second kappa shape index (κ2) is 5.42. The molecular formula is C9H17NS. The van der Waals surface area contributed by atoms with E-state index in [1.165, 1.54) is 5.71 Å². The third kappa shape index (κ3) is 4.25. The standard InChI is InChI=1S/C9H17NS/c1-5-8(4)10-9(6-11)7(2)3/h6-7,11H,5H2,1-4H3/b9-6-,10-8+. The zero-order valence-corrected chi connectivity index (χ0v) is 8.65. The van der Waals surface area contributed by atoms with Gasteiger partial charge in [-0.05, 0) is 24.7 Å². The Hall–Kier alpha value is -0.240. The van der Waals surface area contributed by atoms with Crippen LogP contribution in [0, 0.1) is 5.92 Å². The van der Waals surface area contributed by atoms with E-state index >= 15 is 0 Å². The van der Waals surface area contributed by atoms with Crippen LogP contribution in [0.4, 0.5) is 0 Å². The molecule has 0 spiro atoms. The highest BCUT2D eigenvalue weighted by molar-refractivity contribution is 7.83. The highest BCUT2D eigenvalue weighted by atomic mass is 32.1. The Bertz CT molecular complexity index is 168. The molecule has 0 bridgehead atoms. The minimum Gasteiger partial charge on any atom is -0.262 e. The van der Waals surface area contributed by atoms with Crippen molar-refractivity contribution in [2.75, 3.05) is 0 Å². The van der Waals surface area contributed by atoms with Gasteiger partial charge in [-0.2, -0.15) is 0 Å². The highest BCUT2D eigenvalue weighted by Gasteiger charge is 1.99. The molecule has 0 radical (unpaired) electrons. The van der Waals surface area contributed by atoms with Crippen LogP contribution in [0.2, 0.25) is 0 Å². The summed E-state index contributed by atoms with van der Waals surface area (Å²) >= 11 is 4.10. The number of hydrogen-bond donors (Lipinski definition) is 1. The van der Waals surface area contributed by atoms with Crippen molar-refractivity contribution >= 4 is 18.3 Å². The van der Waals surface area contributed by atoms with E-state index < -0.39 is 0 Å². The Morgan fingerprint density at radius 2 is 2.09 bits per heavy atom. The maximum atomic E-state index is 4.41. The van der Waals surface area contributed by atoms with Gasteiger partial charge in [0.25, 0.3) is 0 Å². The minimum atomic E-state index is 0.467. The van der Waals surface area contributed by atoms with Crippen molar-refractivity contribution in [3.63, 3.8) is 0 Å². The van der Waals surface area contributed by atoms with E-state index in [9.17, 15) is 0 Å². The first-order valence-corrected chi connectivity index (χ1v) is 4.51. The lowest BCUT2D eigenvalue weighted by Crippen LogP contribution is -1.95. The molecule has 0 aromatic heterocycles. The van der Waals surface area contributed by atoms with E-state index in [1.54, 1.807) is 5.41 Å². The van der Waals surface area contributed by atoms with Crippen LogP contribution in [-0.2, 0) is 0 Å². The first-order chi connectivity index (χ1) is 5.11. The zero-order chi connectivity index (χ0) is 8.85. The Morgan fingerprint density at radius 3 is 2.36 bits per heavy atom. The summed E-state index contributed by atoms with van der Waals surface area (Å²) in [4.78, 5) is 4.41. The van der Waals surface area contributed by atoms with Gasteiger partial charge in [-0.15, -0.1) is 12.6 Å². The summed E-state index contributed by atoms with van der Waals surface area (Å²) in [5, 5.41) is 1.78. The van der Waals surface area contributed by atoms with Gasteiger partial charge in [-0.25, -0.2) is 0 Å². The van der Waals surface area contributed by atoms with Crippen molar-refractivity contribution in [3.8, 4) is 0 Å². The van der Waals surface area contributed by atoms with Crippen LogP contribution >= 0.6 is 12.6 Å². The number of thiol groups is 1. The fourth-order valence-corrected chi connectivity index (χ4v) is 0.962. The predicted molar refractivity (Wildman–Crippen MR) is 55.3 cm³/mol. The Balaban J connectivity index is 4.32. The molecule has 0 unspecified atom stereocenters. The van der Waals surface area contributed by atoms with Crippen molar-refractivity contribution in [2.45, 2.75) is 34.1 Å². The molecule has 11 heavy (non-hydrogen) atoms. The van der Waals surface area contributed by atoms with E-state index in [4.69, 9.17) is 0 Å². The lowest BCUT2D eigenvalue weighted by Gasteiger charge is -2.05. The molecule has 0 N–H and O–H groups in total. The summed E-state index contributed by atoms with van der Waals surface area (Å²) in [5.74, 6) is 0.467. The molecule has 0 aromatic rings. The molecule has 64 valence electrons. The summed E-state index contributed by atoms with van der Waals surface area (Å²) in [5.41, 5.74) is 2.23. The molecule has 0 aromatic carbocycles. The number of nitrogens with zero attached hydrogens (tertiary/aromatic N) is 1. The van der Waals surface area contributed by atoms with E-state index in [-0.39, 0.29) is 0 Å². The molecule has 0 saturated carbocycles. The van der Waals surface area contributed by atoms with Gasteiger partial charge in [-0.1, -0.05) is 20.8 Å². The fourth-order valence-electron chi connectivity index (χ4n) is 0.606. The fraction of sp³-hybridized carbons (Fsp3) is 0.667. The molecule has 0 aliphatic rings. The van der Waals surface area contributed by atoms with Gasteiger partial charge < -0.3 is 0 Å².